The molecule has 0 unspecified atom stereocenters. The van der Waals surface area contributed by atoms with E-state index in [9.17, 15) is 0 Å². The minimum atomic E-state index is 1.14. The predicted molar refractivity (Wildman–Crippen MR) is 33.4 cm³/mol. The van der Waals surface area contributed by atoms with Crippen LogP contribution in [-0.2, 0) is 0 Å². The molecule has 0 heterocycles. The van der Waals surface area contributed by atoms with Crippen LogP contribution in [0.25, 0.3) is 0 Å². The Balaban J connectivity index is 2.19. The van der Waals surface area contributed by atoms with Gasteiger partial charge in [0.1, 0.15) is 0 Å². The molecule has 0 aromatic heterocycles. The van der Waals surface area contributed by atoms with Crippen molar-refractivity contribution in [1.29, 1.82) is 0 Å². The Kier molecular flexibility index (Phi) is 6.49. The molecule has 32 valence electrons. The van der Waals surface area contributed by atoms with Crippen LogP contribution in [-0.4, -0.2) is 21.8 Å². The molecule has 0 bridgehead atoms. The molecule has 3 heteroatoms. The van der Waals surface area contributed by atoms with Gasteiger partial charge in [-0.05, 0) is 0 Å². The molecule has 0 nitrogen and oxygen atoms in total. The molecule has 0 rings (SSSR count). The van der Waals surface area contributed by atoms with Crippen LogP contribution in [0.15, 0.2) is 0 Å². The summed E-state index contributed by atoms with van der Waals surface area (Å²) in [5, 5.41) is 1.17. The van der Waals surface area contributed by atoms with Gasteiger partial charge in [-0.25, -0.2) is 0 Å². The molecule has 0 aliphatic heterocycles. The van der Waals surface area contributed by atoms with Crippen molar-refractivity contribution in [2.45, 2.75) is 5.32 Å². The van der Waals surface area contributed by atoms with Crippen molar-refractivity contribution in [2.75, 3.05) is 5.75 Å². The summed E-state index contributed by atoms with van der Waals surface area (Å²) in [7, 11) is 1.58. The van der Waals surface area contributed by atoms with Crippen LogP contribution in [0.2, 0.25) is 5.32 Å². The van der Waals surface area contributed by atoms with Crippen molar-refractivity contribution in [1.82, 2.24) is 0 Å². The van der Waals surface area contributed by atoms with E-state index in [1.807, 2.05) is 0 Å². The van der Waals surface area contributed by atoms with E-state index in [1.54, 1.807) is 10.8 Å². The summed E-state index contributed by atoms with van der Waals surface area (Å²) in [5.41, 5.74) is 0. The molecule has 0 spiro atoms. The third-order valence-electron chi connectivity index (χ3n) is 0.183. The minimum absolute atomic E-state index is 1.14. The van der Waals surface area contributed by atoms with Gasteiger partial charge in [0.2, 0.25) is 0 Å². The first kappa shape index (κ1) is 6.22. The van der Waals surface area contributed by atoms with Gasteiger partial charge in [-0.15, -0.1) is 0 Å². The van der Waals surface area contributed by atoms with Crippen molar-refractivity contribution in [3.8, 4) is 0 Å². The summed E-state index contributed by atoms with van der Waals surface area (Å²) in [4.78, 5) is 0. The van der Waals surface area contributed by atoms with Crippen molar-refractivity contribution in [2.24, 2.45) is 0 Å². The van der Waals surface area contributed by atoms with Crippen LogP contribution in [0.1, 0.15) is 0 Å². The quantitative estimate of drug-likeness (QED) is 0.367. The van der Waals surface area contributed by atoms with E-state index in [0.29, 0.717) is 0 Å². The second-order valence-corrected chi connectivity index (χ2v) is 2.94. The van der Waals surface area contributed by atoms with Gasteiger partial charge in [0.05, 0.1) is 0 Å². The normalized spacial score (nSPS) is 8.40. The van der Waals surface area contributed by atoms with Crippen LogP contribution in [0.5, 0.6) is 0 Å². The zero-order valence-corrected chi connectivity index (χ0v) is 6.30. The monoisotopic (exact) mass is 174 g/mol. The van der Waals surface area contributed by atoms with Crippen LogP contribution in [0, 0.1) is 0 Å². The van der Waals surface area contributed by atoms with E-state index in [0.717, 1.165) is 5.75 Å². The second-order valence-electron chi connectivity index (χ2n) is 0.557. The Morgan fingerprint density at radius 2 is 2.40 bits per heavy atom. The summed E-state index contributed by atoms with van der Waals surface area (Å²) in [6.45, 7) is 0. The zero-order chi connectivity index (χ0) is 4.12. The van der Waals surface area contributed by atoms with Crippen LogP contribution >= 0.6 is 22.5 Å². The Labute approximate surface area is 49.7 Å². The van der Waals surface area contributed by atoms with Gasteiger partial charge >= 0.3 is 49.5 Å². The van der Waals surface area contributed by atoms with E-state index in [2.05, 4.69) is 27.7 Å². The first-order valence-electron chi connectivity index (χ1n) is 1.29. The van der Waals surface area contributed by atoms with Crippen molar-refractivity contribution in [3.63, 3.8) is 0 Å². The fourth-order valence-electron chi connectivity index (χ4n) is 0.0408. The number of rotatable bonds is 2. The molecular weight excluding hydrogens is 167 g/mol. The Bertz CT molecular complexity index is 15.1. The van der Waals surface area contributed by atoms with Crippen LogP contribution in [0.3, 0.4) is 0 Å². The van der Waals surface area contributed by atoms with Gasteiger partial charge in [0.25, 0.3) is 0 Å². The van der Waals surface area contributed by atoms with Crippen LogP contribution in [0.4, 0.5) is 0 Å². The molecule has 0 saturated carbocycles. The number of hydrogen-bond acceptors (Lipinski definition) is 2. The van der Waals surface area contributed by atoms with E-state index >= 15 is 0 Å². The third-order valence-corrected chi connectivity index (χ3v) is 2.24. The molecule has 0 N–H and O–H groups in total. The van der Waals surface area contributed by atoms with Gasteiger partial charge < -0.3 is 0 Å². The van der Waals surface area contributed by atoms with Gasteiger partial charge in [0.15, 0.2) is 0 Å². The molecule has 0 saturated heterocycles. The third kappa shape index (κ3) is 5.22. The average molecular weight is 173 g/mol. The van der Waals surface area contributed by atoms with Gasteiger partial charge in [-0.3, -0.25) is 0 Å². The maximum absolute atomic E-state index is 3.91. The van der Waals surface area contributed by atoms with Crippen molar-refractivity contribution >= 4 is 38.5 Å². The molecule has 0 atom stereocenters. The van der Waals surface area contributed by atoms with Gasteiger partial charge in [-0.1, -0.05) is 0 Å². The molecule has 5 heavy (non-hydrogen) atoms. The zero-order valence-electron chi connectivity index (χ0n) is 2.72. The van der Waals surface area contributed by atoms with Gasteiger partial charge in [0, 0.05) is 0 Å². The molecule has 0 amide bonds. The average Bonchev–Trinajstić information content (AvgIpc) is 1.41. The molecule has 0 aromatic rings. The van der Waals surface area contributed by atoms with E-state index in [1.165, 1.54) is 5.32 Å². The van der Waals surface area contributed by atoms with Crippen LogP contribution < -0.4 is 0 Å². The van der Waals surface area contributed by atoms with Crippen molar-refractivity contribution < 1.29 is 0 Å². The van der Waals surface area contributed by atoms with Gasteiger partial charge in [-0.2, -0.15) is 0 Å². The SMILES string of the molecule is SSCC[SeH]. The fraction of sp³-hybridized carbons (Fsp3) is 1.00. The summed E-state index contributed by atoms with van der Waals surface area (Å²) < 4.78 is 0. The van der Waals surface area contributed by atoms with E-state index in [-0.39, 0.29) is 0 Å². The second kappa shape index (κ2) is 5.22. The molecule has 0 aliphatic rings. The predicted octanol–water partition coefficient (Wildman–Crippen LogP) is 0.883. The van der Waals surface area contributed by atoms with E-state index < -0.39 is 0 Å². The first-order valence-corrected chi connectivity index (χ1v) is 4.65. The standard InChI is InChI=1S/C2H6S2Se/c3-4-1-2-5/h3,5H,1-2H2. The summed E-state index contributed by atoms with van der Waals surface area (Å²) in [6, 6.07) is 0. The molecule has 0 aliphatic carbocycles. The Morgan fingerprint density at radius 1 is 1.80 bits per heavy atom. The molecule has 0 aromatic carbocycles. The molecule has 0 radical (unpaired) electrons. The Hall–Kier alpha value is 1.22. The maximum atomic E-state index is 3.91. The number of thiol groups is 1. The summed E-state index contributed by atoms with van der Waals surface area (Å²) in [6.07, 6.45) is 0. The fourth-order valence-corrected chi connectivity index (χ4v) is 1.91. The Morgan fingerprint density at radius 3 is 2.40 bits per heavy atom. The summed E-state index contributed by atoms with van der Waals surface area (Å²) >= 11 is 6.42. The first-order chi connectivity index (χ1) is 2.41. The topological polar surface area (TPSA) is 0 Å². The van der Waals surface area contributed by atoms with Crippen molar-refractivity contribution in [3.05, 3.63) is 0 Å². The van der Waals surface area contributed by atoms with E-state index in [4.69, 9.17) is 0 Å². The molecular formula is C2H6S2Se. The summed E-state index contributed by atoms with van der Waals surface area (Å²) in [5.74, 6) is 1.14. The molecule has 0 fully saturated rings. The number of hydrogen-bond donors (Lipinski definition) is 1.